The Kier molecular flexibility index (Phi) is 4.87. The van der Waals surface area contributed by atoms with Gasteiger partial charge in [-0.25, -0.2) is 17.2 Å². The zero-order valence-electron chi connectivity index (χ0n) is 12.5. The second-order valence-corrected chi connectivity index (χ2v) is 7.76. The van der Waals surface area contributed by atoms with E-state index in [0.29, 0.717) is 18.7 Å². The molecule has 0 saturated carbocycles. The van der Waals surface area contributed by atoms with Gasteiger partial charge in [0.15, 0.2) is 0 Å². The minimum Gasteiger partial charge on any atom is -0.313 e. The van der Waals surface area contributed by atoms with Gasteiger partial charge in [-0.1, -0.05) is 23.7 Å². The van der Waals surface area contributed by atoms with Crippen LogP contribution < -0.4 is 5.32 Å². The summed E-state index contributed by atoms with van der Waals surface area (Å²) in [7, 11) is -4.08. The molecule has 128 valence electrons. The highest BCUT2D eigenvalue weighted by molar-refractivity contribution is 7.89. The molecule has 24 heavy (non-hydrogen) atoms. The summed E-state index contributed by atoms with van der Waals surface area (Å²) in [5.74, 6) is -1.35. The van der Waals surface area contributed by atoms with Crippen molar-refractivity contribution >= 4 is 21.6 Å². The van der Waals surface area contributed by atoms with Crippen LogP contribution in [0.15, 0.2) is 47.4 Å². The molecular formula is C16H15ClF2N2O2S. The topological polar surface area (TPSA) is 49.4 Å². The summed E-state index contributed by atoms with van der Waals surface area (Å²) in [5.41, 5.74) is 0.514. The van der Waals surface area contributed by atoms with Gasteiger partial charge in [0, 0.05) is 24.7 Å². The Labute approximate surface area is 144 Å². The largest absolute Gasteiger partial charge is 0.313 e. The molecular weight excluding hydrogens is 358 g/mol. The molecule has 3 rings (SSSR count). The highest BCUT2D eigenvalue weighted by Crippen LogP contribution is 2.31. The van der Waals surface area contributed by atoms with Gasteiger partial charge in [0.05, 0.1) is 6.04 Å². The van der Waals surface area contributed by atoms with Gasteiger partial charge in [-0.15, -0.1) is 0 Å². The van der Waals surface area contributed by atoms with Crippen LogP contribution in [-0.4, -0.2) is 32.4 Å². The van der Waals surface area contributed by atoms with Crippen LogP contribution in [0.5, 0.6) is 0 Å². The second kappa shape index (κ2) is 6.76. The second-order valence-electron chi connectivity index (χ2n) is 5.47. The first kappa shape index (κ1) is 17.3. The standard InChI is InChI=1S/C16H15ClF2N2O2S/c17-12-4-5-16(14(19)9-12)24(22,23)21-7-6-20-10-15(21)11-2-1-3-13(18)8-11/h1-5,8-9,15,20H,6-7,10H2. The van der Waals surface area contributed by atoms with Crippen molar-refractivity contribution in [3.8, 4) is 0 Å². The predicted molar refractivity (Wildman–Crippen MR) is 87.3 cm³/mol. The Morgan fingerprint density at radius 1 is 1.17 bits per heavy atom. The average Bonchev–Trinajstić information content (AvgIpc) is 2.54. The molecule has 0 aliphatic carbocycles. The van der Waals surface area contributed by atoms with Gasteiger partial charge in [0.1, 0.15) is 16.5 Å². The molecule has 2 aromatic carbocycles. The van der Waals surface area contributed by atoms with Crippen LogP contribution in [0.3, 0.4) is 0 Å². The van der Waals surface area contributed by atoms with Crippen molar-refractivity contribution in [2.24, 2.45) is 0 Å². The summed E-state index contributed by atoms with van der Waals surface area (Å²) in [5, 5.41) is 3.21. The van der Waals surface area contributed by atoms with Gasteiger partial charge in [-0.05, 0) is 35.9 Å². The Hall–Kier alpha value is -1.54. The fourth-order valence-electron chi connectivity index (χ4n) is 2.78. The molecule has 1 unspecified atom stereocenters. The van der Waals surface area contributed by atoms with Gasteiger partial charge in [-0.3, -0.25) is 0 Å². The number of hydrogen-bond donors (Lipinski definition) is 1. The van der Waals surface area contributed by atoms with E-state index in [1.54, 1.807) is 6.07 Å². The minimum absolute atomic E-state index is 0.119. The summed E-state index contributed by atoms with van der Waals surface area (Å²) in [6.45, 7) is 0.906. The van der Waals surface area contributed by atoms with Crippen molar-refractivity contribution in [3.63, 3.8) is 0 Å². The van der Waals surface area contributed by atoms with Crippen molar-refractivity contribution in [2.75, 3.05) is 19.6 Å². The lowest BCUT2D eigenvalue weighted by Crippen LogP contribution is -2.48. The maximum Gasteiger partial charge on any atom is 0.246 e. The smallest absolute Gasteiger partial charge is 0.246 e. The van der Waals surface area contributed by atoms with E-state index in [9.17, 15) is 17.2 Å². The molecule has 1 heterocycles. The summed E-state index contributed by atoms with van der Waals surface area (Å²) in [6.07, 6.45) is 0. The van der Waals surface area contributed by atoms with Crippen molar-refractivity contribution in [3.05, 3.63) is 64.7 Å². The number of hydrogen-bond acceptors (Lipinski definition) is 3. The monoisotopic (exact) mass is 372 g/mol. The molecule has 0 spiro atoms. The SMILES string of the molecule is O=S(=O)(c1ccc(Cl)cc1F)N1CCNCC1c1cccc(F)c1. The third kappa shape index (κ3) is 3.30. The molecule has 1 saturated heterocycles. The van der Waals surface area contributed by atoms with Crippen LogP contribution in [0.4, 0.5) is 8.78 Å². The molecule has 4 nitrogen and oxygen atoms in total. The Bertz CT molecular complexity index is 861. The number of benzene rings is 2. The fourth-order valence-corrected chi connectivity index (χ4v) is 4.60. The lowest BCUT2D eigenvalue weighted by atomic mass is 10.1. The highest BCUT2D eigenvalue weighted by atomic mass is 35.5. The maximum atomic E-state index is 14.1. The Morgan fingerprint density at radius 3 is 2.67 bits per heavy atom. The molecule has 0 amide bonds. The van der Waals surface area contributed by atoms with Crippen LogP contribution in [-0.2, 0) is 10.0 Å². The molecule has 0 aromatic heterocycles. The van der Waals surface area contributed by atoms with Gasteiger partial charge in [-0.2, -0.15) is 4.31 Å². The first-order chi connectivity index (χ1) is 11.4. The molecule has 1 atom stereocenters. The van der Waals surface area contributed by atoms with Crippen LogP contribution in [0, 0.1) is 11.6 Å². The van der Waals surface area contributed by atoms with E-state index >= 15 is 0 Å². The molecule has 2 aromatic rings. The van der Waals surface area contributed by atoms with Crippen LogP contribution in [0.2, 0.25) is 5.02 Å². The number of halogens is 3. The van der Waals surface area contributed by atoms with Crippen molar-refractivity contribution in [1.29, 1.82) is 0 Å². The van der Waals surface area contributed by atoms with Gasteiger partial charge in [0.2, 0.25) is 10.0 Å². The van der Waals surface area contributed by atoms with Crippen LogP contribution >= 0.6 is 11.6 Å². The molecule has 1 aliphatic rings. The van der Waals surface area contributed by atoms with E-state index in [1.165, 1.54) is 28.6 Å². The summed E-state index contributed by atoms with van der Waals surface area (Å²) >= 11 is 5.69. The number of sulfonamides is 1. The molecule has 8 heteroatoms. The van der Waals surface area contributed by atoms with E-state index in [1.807, 2.05) is 0 Å². The lowest BCUT2D eigenvalue weighted by molar-refractivity contribution is 0.270. The van der Waals surface area contributed by atoms with E-state index in [-0.39, 0.29) is 11.6 Å². The third-order valence-corrected chi connectivity index (χ3v) is 6.08. The first-order valence-electron chi connectivity index (χ1n) is 7.32. The van der Waals surface area contributed by atoms with E-state index < -0.39 is 32.6 Å². The van der Waals surface area contributed by atoms with Crippen molar-refractivity contribution in [2.45, 2.75) is 10.9 Å². The average molecular weight is 373 g/mol. The van der Waals surface area contributed by atoms with Crippen LogP contribution in [0.1, 0.15) is 11.6 Å². The van der Waals surface area contributed by atoms with E-state index in [0.717, 1.165) is 12.1 Å². The first-order valence-corrected chi connectivity index (χ1v) is 9.14. The van der Waals surface area contributed by atoms with Gasteiger partial charge < -0.3 is 5.32 Å². The molecule has 1 fully saturated rings. The lowest BCUT2D eigenvalue weighted by Gasteiger charge is -2.35. The quantitative estimate of drug-likeness (QED) is 0.901. The normalized spacial score (nSPS) is 19.4. The molecule has 0 radical (unpaired) electrons. The Morgan fingerprint density at radius 2 is 1.96 bits per heavy atom. The summed E-state index contributed by atoms with van der Waals surface area (Å²) in [6, 6.07) is 8.58. The fraction of sp³-hybridized carbons (Fsp3) is 0.250. The van der Waals surface area contributed by atoms with Crippen molar-refractivity contribution < 1.29 is 17.2 Å². The van der Waals surface area contributed by atoms with E-state index in [4.69, 9.17) is 11.6 Å². The van der Waals surface area contributed by atoms with Crippen LogP contribution in [0.25, 0.3) is 0 Å². The predicted octanol–water partition coefficient (Wildman–Crippen LogP) is 2.95. The number of nitrogens with zero attached hydrogens (tertiary/aromatic N) is 1. The Balaban J connectivity index is 2.03. The molecule has 0 bridgehead atoms. The van der Waals surface area contributed by atoms with E-state index in [2.05, 4.69) is 5.32 Å². The van der Waals surface area contributed by atoms with Gasteiger partial charge in [0.25, 0.3) is 0 Å². The highest BCUT2D eigenvalue weighted by Gasteiger charge is 2.36. The number of piperazine rings is 1. The number of rotatable bonds is 3. The summed E-state index contributed by atoms with van der Waals surface area (Å²) < 4.78 is 54.7. The summed E-state index contributed by atoms with van der Waals surface area (Å²) in [4.78, 5) is -0.435. The minimum atomic E-state index is -4.08. The molecule has 1 aliphatic heterocycles. The zero-order valence-corrected chi connectivity index (χ0v) is 14.1. The third-order valence-electron chi connectivity index (χ3n) is 3.91. The maximum absolute atomic E-state index is 14.1. The molecule has 1 N–H and O–H groups in total. The number of nitrogens with one attached hydrogen (secondary N) is 1. The van der Waals surface area contributed by atoms with Gasteiger partial charge >= 0.3 is 0 Å². The van der Waals surface area contributed by atoms with Crippen molar-refractivity contribution in [1.82, 2.24) is 9.62 Å². The zero-order chi connectivity index (χ0) is 17.3.